The van der Waals surface area contributed by atoms with Gasteiger partial charge in [-0.2, -0.15) is 0 Å². The zero-order valence-corrected chi connectivity index (χ0v) is 8.53. The number of benzene rings is 1. The highest BCUT2D eigenvalue weighted by molar-refractivity contribution is 5.78. The summed E-state index contributed by atoms with van der Waals surface area (Å²) in [4.78, 5) is 11.3. The molecule has 1 amide bonds. The largest absolute Gasteiger partial charge is 0.491 e. The molecule has 1 atom stereocenters. The Morgan fingerprint density at radius 2 is 2.40 bits per heavy atom. The van der Waals surface area contributed by atoms with Crippen LogP contribution in [0.1, 0.15) is 11.6 Å². The van der Waals surface area contributed by atoms with Crippen molar-refractivity contribution in [2.75, 3.05) is 20.3 Å². The van der Waals surface area contributed by atoms with E-state index in [1.165, 1.54) is 7.11 Å². The summed E-state index contributed by atoms with van der Waals surface area (Å²) in [7, 11) is 1.50. The Kier molecular flexibility index (Phi) is 2.87. The third-order valence-corrected chi connectivity index (χ3v) is 2.31. The Labute approximate surface area is 88.2 Å². The molecule has 1 aromatic rings. The summed E-state index contributed by atoms with van der Waals surface area (Å²) < 4.78 is 10.2. The average molecular weight is 207 g/mol. The number of carbonyl (C=O) groups excluding carboxylic acids is 1. The van der Waals surface area contributed by atoms with Crippen molar-refractivity contribution in [2.24, 2.45) is 0 Å². The molecule has 2 rings (SSSR count). The van der Waals surface area contributed by atoms with Gasteiger partial charge in [0.1, 0.15) is 19.0 Å². The van der Waals surface area contributed by atoms with Crippen LogP contribution in [0.15, 0.2) is 24.3 Å². The molecule has 0 saturated heterocycles. The number of hydrogen-bond acceptors (Lipinski definition) is 3. The molecule has 1 aliphatic rings. The molecule has 0 aromatic heterocycles. The topological polar surface area (TPSA) is 47.6 Å². The molecule has 1 unspecified atom stereocenters. The monoisotopic (exact) mass is 207 g/mol. The Morgan fingerprint density at radius 3 is 3.20 bits per heavy atom. The molecule has 0 aliphatic carbocycles. The number of para-hydroxylation sites is 1. The lowest BCUT2D eigenvalue weighted by Crippen LogP contribution is -2.32. The molecule has 0 radical (unpaired) electrons. The first-order valence-corrected chi connectivity index (χ1v) is 4.81. The van der Waals surface area contributed by atoms with Gasteiger partial charge in [0, 0.05) is 12.7 Å². The minimum Gasteiger partial charge on any atom is -0.491 e. The summed E-state index contributed by atoms with van der Waals surface area (Å²) in [5, 5.41) is 2.85. The van der Waals surface area contributed by atoms with Crippen molar-refractivity contribution in [2.45, 2.75) is 6.04 Å². The number of methoxy groups -OCH3 is 1. The van der Waals surface area contributed by atoms with Gasteiger partial charge in [-0.3, -0.25) is 4.79 Å². The van der Waals surface area contributed by atoms with E-state index in [9.17, 15) is 4.79 Å². The number of fused-ring (bicyclic) bond motifs is 1. The third kappa shape index (κ3) is 2.10. The van der Waals surface area contributed by atoms with Gasteiger partial charge in [-0.25, -0.2) is 0 Å². The fourth-order valence-electron chi connectivity index (χ4n) is 1.65. The van der Waals surface area contributed by atoms with E-state index < -0.39 is 0 Å². The molecular weight excluding hydrogens is 194 g/mol. The van der Waals surface area contributed by atoms with E-state index in [1.54, 1.807) is 0 Å². The maximum Gasteiger partial charge on any atom is 0.246 e. The van der Waals surface area contributed by atoms with Crippen LogP contribution in [0, 0.1) is 0 Å². The SMILES string of the molecule is COCC(=O)NC1COc2ccccc21. The lowest BCUT2D eigenvalue weighted by Gasteiger charge is -2.10. The van der Waals surface area contributed by atoms with Crippen molar-refractivity contribution in [3.05, 3.63) is 29.8 Å². The van der Waals surface area contributed by atoms with Gasteiger partial charge in [0.25, 0.3) is 0 Å². The van der Waals surface area contributed by atoms with Gasteiger partial charge in [0.05, 0.1) is 6.04 Å². The molecule has 4 heteroatoms. The predicted molar refractivity (Wildman–Crippen MR) is 54.7 cm³/mol. The van der Waals surface area contributed by atoms with Gasteiger partial charge in [0.15, 0.2) is 0 Å². The average Bonchev–Trinajstić information content (AvgIpc) is 2.62. The zero-order valence-electron chi connectivity index (χ0n) is 8.53. The molecule has 0 fully saturated rings. The second-order valence-electron chi connectivity index (χ2n) is 3.40. The Hall–Kier alpha value is -1.55. The minimum atomic E-state index is -0.122. The standard InChI is InChI=1S/C11H13NO3/c1-14-7-11(13)12-9-6-15-10-5-3-2-4-8(9)10/h2-5,9H,6-7H2,1H3,(H,12,13). The Bertz CT molecular complexity index is 365. The van der Waals surface area contributed by atoms with Crippen LogP contribution in [-0.2, 0) is 9.53 Å². The summed E-state index contributed by atoms with van der Waals surface area (Å²) >= 11 is 0. The van der Waals surface area contributed by atoms with Crippen LogP contribution in [0.4, 0.5) is 0 Å². The summed E-state index contributed by atoms with van der Waals surface area (Å²) in [5.74, 6) is 0.725. The number of rotatable bonds is 3. The third-order valence-electron chi connectivity index (χ3n) is 2.31. The molecule has 15 heavy (non-hydrogen) atoms. The van der Waals surface area contributed by atoms with E-state index in [-0.39, 0.29) is 18.6 Å². The summed E-state index contributed by atoms with van der Waals surface area (Å²) in [5.41, 5.74) is 1.03. The van der Waals surface area contributed by atoms with E-state index in [0.29, 0.717) is 6.61 Å². The van der Waals surface area contributed by atoms with E-state index >= 15 is 0 Å². The van der Waals surface area contributed by atoms with Crippen LogP contribution in [0.3, 0.4) is 0 Å². The lowest BCUT2D eigenvalue weighted by molar-refractivity contribution is -0.125. The molecule has 4 nitrogen and oxygen atoms in total. The Balaban J connectivity index is 2.04. The van der Waals surface area contributed by atoms with Gasteiger partial charge in [-0.1, -0.05) is 18.2 Å². The zero-order chi connectivity index (χ0) is 10.7. The highest BCUT2D eigenvalue weighted by Gasteiger charge is 2.24. The van der Waals surface area contributed by atoms with Crippen LogP contribution >= 0.6 is 0 Å². The first-order valence-electron chi connectivity index (χ1n) is 4.81. The van der Waals surface area contributed by atoms with Crippen LogP contribution < -0.4 is 10.1 Å². The first kappa shape index (κ1) is 9.98. The van der Waals surface area contributed by atoms with Crippen molar-refractivity contribution < 1.29 is 14.3 Å². The van der Waals surface area contributed by atoms with Gasteiger partial charge in [0.2, 0.25) is 5.91 Å². The summed E-state index contributed by atoms with van der Waals surface area (Å²) in [6.45, 7) is 0.577. The quantitative estimate of drug-likeness (QED) is 0.800. The van der Waals surface area contributed by atoms with E-state index in [4.69, 9.17) is 9.47 Å². The summed E-state index contributed by atoms with van der Waals surface area (Å²) in [6, 6.07) is 7.66. The first-order chi connectivity index (χ1) is 7.31. The molecule has 1 N–H and O–H groups in total. The number of amides is 1. The van der Waals surface area contributed by atoms with Crippen LogP contribution in [0.5, 0.6) is 5.75 Å². The molecule has 80 valence electrons. The molecule has 0 saturated carbocycles. The van der Waals surface area contributed by atoms with Crippen molar-refractivity contribution in [1.29, 1.82) is 0 Å². The predicted octanol–water partition coefficient (Wildman–Crippen LogP) is 0.883. The second kappa shape index (κ2) is 4.31. The van der Waals surface area contributed by atoms with Crippen molar-refractivity contribution in [3.8, 4) is 5.75 Å². The van der Waals surface area contributed by atoms with Gasteiger partial charge >= 0.3 is 0 Å². The maximum atomic E-state index is 11.3. The maximum absolute atomic E-state index is 11.3. The number of carbonyl (C=O) groups is 1. The minimum absolute atomic E-state index is 0.0520. The number of hydrogen-bond donors (Lipinski definition) is 1. The highest BCUT2D eigenvalue weighted by atomic mass is 16.5. The Morgan fingerprint density at radius 1 is 1.60 bits per heavy atom. The number of nitrogens with one attached hydrogen (secondary N) is 1. The normalized spacial score (nSPS) is 18.1. The lowest BCUT2D eigenvalue weighted by atomic mass is 10.1. The molecule has 0 bridgehead atoms. The van der Waals surface area contributed by atoms with Gasteiger partial charge in [-0.05, 0) is 6.07 Å². The van der Waals surface area contributed by atoms with E-state index in [1.807, 2.05) is 24.3 Å². The fourth-order valence-corrected chi connectivity index (χ4v) is 1.65. The smallest absolute Gasteiger partial charge is 0.246 e. The van der Waals surface area contributed by atoms with Crippen LogP contribution in [0.25, 0.3) is 0 Å². The number of ether oxygens (including phenoxy) is 2. The fraction of sp³-hybridized carbons (Fsp3) is 0.364. The van der Waals surface area contributed by atoms with Gasteiger partial charge in [-0.15, -0.1) is 0 Å². The molecule has 1 aromatic carbocycles. The molecular formula is C11H13NO3. The van der Waals surface area contributed by atoms with E-state index in [0.717, 1.165) is 11.3 Å². The van der Waals surface area contributed by atoms with Crippen molar-refractivity contribution in [3.63, 3.8) is 0 Å². The van der Waals surface area contributed by atoms with Gasteiger partial charge < -0.3 is 14.8 Å². The molecule has 1 heterocycles. The van der Waals surface area contributed by atoms with Crippen LogP contribution in [0.2, 0.25) is 0 Å². The highest BCUT2D eigenvalue weighted by Crippen LogP contribution is 2.31. The van der Waals surface area contributed by atoms with E-state index in [2.05, 4.69) is 5.32 Å². The van der Waals surface area contributed by atoms with Crippen LogP contribution in [-0.4, -0.2) is 26.2 Å². The summed E-state index contributed by atoms with van der Waals surface area (Å²) in [6.07, 6.45) is 0. The van der Waals surface area contributed by atoms with Crippen molar-refractivity contribution >= 4 is 5.91 Å². The second-order valence-corrected chi connectivity index (χ2v) is 3.40. The molecule has 1 aliphatic heterocycles. The van der Waals surface area contributed by atoms with Crippen molar-refractivity contribution in [1.82, 2.24) is 5.32 Å². The molecule has 0 spiro atoms.